The molecule has 3 aromatic rings. The predicted molar refractivity (Wildman–Crippen MR) is 94.7 cm³/mol. The van der Waals surface area contributed by atoms with Crippen molar-refractivity contribution in [3.8, 4) is 5.75 Å². The number of benzene rings is 1. The average molecular weight is 356 g/mol. The molecule has 0 unspecified atom stereocenters. The van der Waals surface area contributed by atoms with Gasteiger partial charge in [0, 0.05) is 11.1 Å². The van der Waals surface area contributed by atoms with E-state index in [-0.39, 0.29) is 11.3 Å². The van der Waals surface area contributed by atoms with E-state index in [9.17, 15) is 14.7 Å². The second-order valence-electron chi connectivity index (χ2n) is 5.52. The summed E-state index contributed by atoms with van der Waals surface area (Å²) in [6.45, 7) is 5.50. The number of carbonyl (C=O) groups excluding carboxylic acids is 2. The third-order valence-corrected chi connectivity index (χ3v) is 4.91. The largest absolute Gasteiger partial charge is 0.507 e. The molecule has 0 fully saturated rings. The van der Waals surface area contributed by atoms with Crippen molar-refractivity contribution < 1.29 is 14.7 Å². The first-order valence-electron chi connectivity index (χ1n) is 7.51. The fourth-order valence-electron chi connectivity index (χ4n) is 2.59. The zero-order valence-corrected chi connectivity index (χ0v) is 14.7. The van der Waals surface area contributed by atoms with E-state index < -0.39 is 11.8 Å². The molecule has 1 aromatic carbocycles. The number of hydrogen-bond acceptors (Lipinski definition) is 6. The van der Waals surface area contributed by atoms with E-state index in [2.05, 4.69) is 20.8 Å². The third-order valence-electron chi connectivity index (χ3n) is 3.73. The highest BCUT2D eigenvalue weighted by Crippen LogP contribution is 2.31. The summed E-state index contributed by atoms with van der Waals surface area (Å²) in [7, 11) is 0. The second kappa shape index (κ2) is 6.48. The summed E-state index contributed by atoms with van der Waals surface area (Å²) in [6, 6.07) is 6.09. The van der Waals surface area contributed by atoms with Crippen LogP contribution in [0.25, 0.3) is 10.2 Å². The number of aromatic nitrogens is 2. The van der Waals surface area contributed by atoms with Crippen molar-refractivity contribution in [2.24, 2.45) is 0 Å². The lowest BCUT2D eigenvalue weighted by Crippen LogP contribution is -2.41. The van der Waals surface area contributed by atoms with Crippen LogP contribution in [0.15, 0.2) is 24.3 Å². The van der Waals surface area contributed by atoms with Crippen LogP contribution in [0.2, 0.25) is 0 Å². The molecule has 0 radical (unpaired) electrons. The van der Waals surface area contributed by atoms with E-state index in [4.69, 9.17) is 0 Å². The Labute approximate surface area is 147 Å². The number of nitrogens with zero attached hydrogens (tertiary/aromatic N) is 2. The molecule has 3 N–H and O–H groups in total. The normalized spacial score (nSPS) is 10.7. The minimum absolute atomic E-state index is 0.0770. The molecule has 25 heavy (non-hydrogen) atoms. The molecule has 0 bridgehead atoms. The van der Waals surface area contributed by atoms with Crippen molar-refractivity contribution in [2.45, 2.75) is 20.8 Å². The Morgan fingerprint density at radius 3 is 2.44 bits per heavy atom. The number of thiophene rings is 1. The lowest BCUT2D eigenvalue weighted by atomic mass is 10.1. The van der Waals surface area contributed by atoms with Gasteiger partial charge in [0.1, 0.15) is 16.4 Å². The van der Waals surface area contributed by atoms with Gasteiger partial charge in [-0.2, -0.15) is 0 Å². The van der Waals surface area contributed by atoms with Gasteiger partial charge in [-0.1, -0.05) is 12.1 Å². The monoisotopic (exact) mass is 356 g/mol. The number of amides is 2. The average Bonchev–Trinajstić information content (AvgIpc) is 2.89. The van der Waals surface area contributed by atoms with Crippen LogP contribution in [0.4, 0.5) is 0 Å². The minimum Gasteiger partial charge on any atom is -0.507 e. The molecule has 2 aromatic heterocycles. The summed E-state index contributed by atoms with van der Waals surface area (Å²) < 4.78 is 0. The maximum absolute atomic E-state index is 12.4. The highest BCUT2D eigenvalue weighted by Gasteiger charge is 2.19. The Hall–Kier alpha value is -3.00. The van der Waals surface area contributed by atoms with Crippen molar-refractivity contribution >= 4 is 33.4 Å². The second-order valence-corrected chi connectivity index (χ2v) is 6.52. The Morgan fingerprint density at radius 2 is 1.72 bits per heavy atom. The number of aryl methyl sites for hydroxylation is 3. The van der Waals surface area contributed by atoms with Crippen molar-refractivity contribution in [2.75, 3.05) is 0 Å². The quantitative estimate of drug-likeness (QED) is 0.612. The van der Waals surface area contributed by atoms with E-state index in [0.29, 0.717) is 10.7 Å². The van der Waals surface area contributed by atoms with Gasteiger partial charge in [-0.15, -0.1) is 11.3 Å². The predicted octanol–water partition coefficient (Wildman–Crippen LogP) is 2.40. The summed E-state index contributed by atoms with van der Waals surface area (Å²) in [4.78, 5) is 34.4. The number of hydrazine groups is 1. The molecule has 128 valence electrons. The van der Waals surface area contributed by atoms with Crippen LogP contribution in [-0.2, 0) is 0 Å². The summed E-state index contributed by atoms with van der Waals surface area (Å²) in [5, 5.41) is 10.5. The smallest absolute Gasteiger partial charge is 0.280 e. The number of phenols is 1. The fraction of sp³-hybridized carbons (Fsp3) is 0.176. The molecule has 7 nitrogen and oxygen atoms in total. The van der Waals surface area contributed by atoms with E-state index in [0.717, 1.165) is 21.5 Å². The van der Waals surface area contributed by atoms with Crippen LogP contribution in [0.1, 0.15) is 37.1 Å². The number of nitrogens with one attached hydrogen (secondary N) is 2. The SMILES string of the molecule is Cc1nc(C)c2c(C)c(C(=O)NNC(=O)c3ccccc3O)sc2n1. The standard InChI is InChI=1S/C17H16N4O3S/c1-8-13-9(2)18-10(3)19-17(13)25-14(8)16(24)21-20-15(23)11-6-4-5-7-12(11)22/h4-7,22H,1-3H3,(H,20,23)(H,21,24). The molecule has 0 atom stereocenters. The Balaban J connectivity index is 1.81. The first kappa shape index (κ1) is 16.8. The minimum atomic E-state index is -0.600. The molecule has 2 heterocycles. The molecule has 0 aliphatic heterocycles. The molecular formula is C17H16N4O3S. The highest BCUT2D eigenvalue weighted by atomic mass is 32.1. The zero-order chi connectivity index (χ0) is 18.1. The number of para-hydroxylation sites is 1. The molecular weight excluding hydrogens is 340 g/mol. The molecule has 2 amide bonds. The Kier molecular flexibility index (Phi) is 4.37. The number of hydrogen-bond donors (Lipinski definition) is 3. The van der Waals surface area contributed by atoms with E-state index in [1.54, 1.807) is 19.1 Å². The summed E-state index contributed by atoms with van der Waals surface area (Å²) in [6.07, 6.45) is 0. The topological polar surface area (TPSA) is 104 Å². The molecule has 0 saturated carbocycles. The van der Waals surface area contributed by atoms with E-state index in [1.165, 1.54) is 23.5 Å². The van der Waals surface area contributed by atoms with Gasteiger partial charge in [0.05, 0.1) is 10.4 Å². The van der Waals surface area contributed by atoms with Gasteiger partial charge >= 0.3 is 0 Å². The van der Waals surface area contributed by atoms with Crippen molar-refractivity contribution in [3.05, 3.63) is 51.8 Å². The van der Waals surface area contributed by atoms with Crippen LogP contribution >= 0.6 is 11.3 Å². The first-order valence-corrected chi connectivity index (χ1v) is 8.33. The van der Waals surface area contributed by atoms with Crippen LogP contribution in [0.3, 0.4) is 0 Å². The fourth-order valence-corrected chi connectivity index (χ4v) is 3.77. The number of carbonyl (C=O) groups is 2. The number of phenolic OH excluding ortho intramolecular Hbond substituents is 1. The highest BCUT2D eigenvalue weighted by molar-refractivity contribution is 7.20. The summed E-state index contributed by atoms with van der Waals surface area (Å²) in [5.74, 6) is -0.557. The number of rotatable bonds is 2. The van der Waals surface area contributed by atoms with Crippen LogP contribution in [0, 0.1) is 20.8 Å². The summed E-state index contributed by atoms with van der Waals surface area (Å²) >= 11 is 1.25. The first-order chi connectivity index (χ1) is 11.9. The van der Waals surface area contributed by atoms with Gasteiger partial charge in [0.15, 0.2) is 0 Å². The van der Waals surface area contributed by atoms with Gasteiger partial charge in [-0.05, 0) is 38.5 Å². The Bertz CT molecular complexity index is 997. The zero-order valence-electron chi connectivity index (χ0n) is 13.9. The maximum atomic E-state index is 12.4. The maximum Gasteiger partial charge on any atom is 0.280 e. The van der Waals surface area contributed by atoms with Gasteiger partial charge in [0.2, 0.25) is 0 Å². The van der Waals surface area contributed by atoms with Crippen molar-refractivity contribution in [1.82, 2.24) is 20.8 Å². The van der Waals surface area contributed by atoms with E-state index in [1.807, 2.05) is 13.8 Å². The lowest BCUT2D eigenvalue weighted by molar-refractivity contribution is 0.0847. The van der Waals surface area contributed by atoms with Crippen molar-refractivity contribution in [1.29, 1.82) is 0 Å². The molecule has 3 rings (SSSR count). The Morgan fingerprint density at radius 1 is 1.04 bits per heavy atom. The van der Waals surface area contributed by atoms with Gasteiger partial charge in [-0.25, -0.2) is 9.97 Å². The summed E-state index contributed by atoms with van der Waals surface area (Å²) in [5.41, 5.74) is 6.34. The van der Waals surface area contributed by atoms with Gasteiger partial charge in [0.25, 0.3) is 11.8 Å². The molecule has 0 spiro atoms. The van der Waals surface area contributed by atoms with Crippen LogP contribution < -0.4 is 10.9 Å². The van der Waals surface area contributed by atoms with Crippen molar-refractivity contribution in [3.63, 3.8) is 0 Å². The van der Waals surface area contributed by atoms with E-state index >= 15 is 0 Å². The van der Waals surface area contributed by atoms with Gasteiger partial charge < -0.3 is 5.11 Å². The van der Waals surface area contributed by atoms with Crippen LogP contribution in [-0.4, -0.2) is 26.9 Å². The molecule has 8 heteroatoms. The number of aromatic hydroxyl groups is 1. The van der Waals surface area contributed by atoms with Crippen LogP contribution in [0.5, 0.6) is 5.75 Å². The molecule has 0 aliphatic carbocycles. The molecule has 0 saturated heterocycles. The lowest BCUT2D eigenvalue weighted by Gasteiger charge is -2.08. The number of fused-ring (bicyclic) bond motifs is 1. The molecule has 0 aliphatic rings. The third kappa shape index (κ3) is 3.16. The van der Waals surface area contributed by atoms with Gasteiger partial charge in [-0.3, -0.25) is 20.4 Å².